The molecule has 1 N–H and O–H groups in total. The first-order chi connectivity index (χ1) is 11.8. The van der Waals surface area contributed by atoms with Gasteiger partial charge in [0.2, 0.25) is 0 Å². The molecule has 0 unspecified atom stereocenters. The van der Waals surface area contributed by atoms with Gasteiger partial charge in [-0.3, -0.25) is 9.63 Å². The van der Waals surface area contributed by atoms with E-state index in [1.807, 2.05) is 0 Å². The molecule has 1 amide bonds. The number of hydroxylamine groups is 1. The average molecular weight is 370 g/mol. The molecule has 25 heavy (non-hydrogen) atoms. The summed E-state index contributed by atoms with van der Waals surface area (Å²) in [5.74, 6) is 0.765. The van der Waals surface area contributed by atoms with E-state index in [4.69, 9.17) is 20.7 Å². The van der Waals surface area contributed by atoms with Crippen LogP contribution in [0.1, 0.15) is 10.4 Å². The van der Waals surface area contributed by atoms with Gasteiger partial charge in [0.15, 0.2) is 6.61 Å². The van der Waals surface area contributed by atoms with Crippen LogP contribution in [0.4, 0.5) is 0 Å². The van der Waals surface area contributed by atoms with Crippen molar-refractivity contribution in [1.29, 1.82) is 0 Å². The Kier molecular flexibility index (Phi) is 7.38. The molecule has 1 rings (SSSR count). The molecule has 0 heterocycles. The molecule has 0 aliphatic heterocycles. The monoisotopic (exact) mass is 370 g/mol. The number of sulfonamides is 1. The molecule has 0 aromatic heterocycles. The molecule has 1 aromatic carbocycles. The van der Waals surface area contributed by atoms with Crippen molar-refractivity contribution < 1.29 is 32.3 Å². The molecule has 0 spiro atoms. The van der Waals surface area contributed by atoms with Crippen molar-refractivity contribution in [2.24, 2.45) is 0 Å². The predicted molar refractivity (Wildman–Crippen MR) is 87.1 cm³/mol. The summed E-state index contributed by atoms with van der Waals surface area (Å²) in [5, 5.41) is 2.32. The number of ether oxygens (including phenoxy) is 2. The molecular formula is C15H18N2O7S. The zero-order chi connectivity index (χ0) is 19.0. The van der Waals surface area contributed by atoms with Gasteiger partial charge in [-0.15, -0.1) is 6.42 Å². The molecule has 1 aromatic rings. The Hall–Kier alpha value is -2.61. The van der Waals surface area contributed by atoms with Crippen molar-refractivity contribution >= 4 is 21.9 Å². The maximum atomic E-state index is 12.4. The van der Waals surface area contributed by atoms with Crippen molar-refractivity contribution in [1.82, 2.24) is 9.79 Å². The van der Waals surface area contributed by atoms with Crippen LogP contribution in [0.3, 0.4) is 0 Å². The van der Waals surface area contributed by atoms with Gasteiger partial charge in [-0.25, -0.2) is 13.2 Å². The molecule has 0 aliphatic rings. The molecule has 10 heteroatoms. The normalized spacial score (nSPS) is 10.8. The maximum absolute atomic E-state index is 12.4. The number of carbonyl (C=O) groups is 2. The second-order valence-corrected chi connectivity index (χ2v) is 6.42. The van der Waals surface area contributed by atoms with Gasteiger partial charge < -0.3 is 14.8 Å². The molecule has 9 nitrogen and oxygen atoms in total. The lowest BCUT2D eigenvalue weighted by atomic mass is 10.2. The van der Waals surface area contributed by atoms with Crippen molar-refractivity contribution in [3.8, 4) is 18.1 Å². The van der Waals surface area contributed by atoms with Gasteiger partial charge in [0.1, 0.15) is 10.6 Å². The van der Waals surface area contributed by atoms with Gasteiger partial charge in [0.25, 0.3) is 15.9 Å². The van der Waals surface area contributed by atoms with E-state index in [0.717, 1.165) is 6.07 Å². The van der Waals surface area contributed by atoms with Crippen molar-refractivity contribution in [3.05, 3.63) is 23.8 Å². The summed E-state index contributed by atoms with van der Waals surface area (Å²) in [6.45, 7) is -0.544. The number of amides is 1. The van der Waals surface area contributed by atoms with Crippen LogP contribution < -0.4 is 10.1 Å². The molecule has 0 atom stereocenters. The fourth-order valence-electron chi connectivity index (χ4n) is 1.66. The highest BCUT2D eigenvalue weighted by Gasteiger charge is 2.26. The van der Waals surface area contributed by atoms with Crippen LogP contribution in [-0.4, -0.2) is 59.2 Å². The van der Waals surface area contributed by atoms with E-state index in [1.165, 1.54) is 33.4 Å². The summed E-state index contributed by atoms with van der Waals surface area (Å²) in [5.41, 5.74) is -0.0753. The number of esters is 1. The SMILES string of the molecule is C#CCNC(=O)COC(=O)c1ccc(OC)c(S(=O)(=O)N(C)OC)c1. The fraction of sp³-hybridized carbons (Fsp3) is 0.333. The van der Waals surface area contributed by atoms with Crippen LogP contribution in [0.25, 0.3) is 0 Å². The lowest BCUT2D eigenvalue weighted by Crippen LogP contribution is -2.29. The molecule has 0 fully saturated rings. The van der Waals surface area contributed by atoms with Crippen LogP contribution >= 0.6 is 0 Å². The zero-order valence-corrected chi connectivity index (χ0v) is 14.8. The van der Waals surface area contributed by atoms with Crippen LogP contribution in [-0.2, 0) is 24.4 Å². The lowest BCUT2D eigenvalue weighted by molar-refractivity contribution is -0.123. The topological polar surface area (TPSA) is 111 Å². The highest BCUT2D eigenvalue weighted by atomic mass is 32.2. The summed E-state index contributed by atoms with van der Waals surface area (Å²) in [7, 11) is -0.400. The van der Waals surface area contributed by atoms with E-state index in [2.05, 4.69) is 11.2 Å². The molecule has 136 valence electrons. The summed E-state index contributed by atoms with van der Waals surface area (Å²) in [6.07, 6.45) is 4.99. The van der Waals surface area contributed by atoms with Crippen LogP contribution in [0, 0.1) is 12.3 Å². The number of rotatable bonds is 8. The number of hydrogen-bond acceptors (Lipinski definition) is 7. The predicted octanol–water partition coefficient (Wildman–Crippen LogP) is -0.217. The highest BCUT2D eigenvalue weighted by Crippen LogP contribution is 2.27. The Bertz CT molecular complexity index is 784. The second kappa shape index (κ2) is 9.03. The third kappa shape index (κ3) is 5.18. The number of carbonyl (C=O) groups excluding carboxylic acids is 2. The van der Waals surface area contributed by atoms with Gasteiger partial charge >= 0.3 is 5.97 Å². The minimum atomic E-state index is -4.05. The first kappa shape index (κ1) is 20.4. The average Bonchev–Trinajstić information content (AvgIpc) is 2.62. The van der Waals surface area contributed by atoms with Gasteiger partial charge in [-0.2, -0.15) is 0 Å². The Morgan fingerprint density at radius 2 is 2.00 bits per heavy atom. The summed E-state index contributed by atoms with van der Waals surface area (Å²) >= 11 is 0. The third-order valence-corrected chi connectivity index (χ3v) is 4.70. The number of hydrogen-bond donors (Lipinski definition) is 1. The Morgan fingerprint density at radius 3 is 2.56 bits per heavy atom. The Labute approximate surface area is 145 Å². The minimum Gasteiger partial charge on any atom is -0.495 e. The number of nitrogens with zero attached hydrogens (tertiary/aromatic N) is 1. The van der Waals surface area contributed by atoms with E-state index in [0.29, 0.717) is 4.47 Å². The number of nitrogens with one attached hydrogen (secondary N) is 1. The molecule has 0 saturated heterocycles. The van der Waals surface area contributed by atoms with Crippen molar-refractivity contribution in [2.75, 3.05) is 34.4 Å². The van der Waals surface area contributed by atoms with E-state index in [1.54, 1.807) is 0 Å². The standard InChI is InChI=1S/C15H18N2O7S/c1-5-8-16-14(18)10-24-15(19)11-6-7-12(22-3)13(9-11)25(20,21)17(2)23-4/h1,6-7,9H,8,10H2,2-4H3,(H,16,18). The molecule has 0 radical (unpaired) electrons. The number of terminal acetylenes is 1. The second-order valence-electron chi connectivity index (χ2n) is 4.52. The zero-order valence-electron chi connectivity index (χ0n) is 13.9. The lowest BCUT2D eigenvalue weighted by Gasteiger charge is -2.17. The van der Waals surface area contributed by atoms with E-state index < -0.39 is 28.5 Å². The smallest absolute Gasteiger partial charge is 0.338 e. The Morgan fingerprint density at radius 1 is 1.32 bits per heavy atom. The molecular weight excluding hydrogens is 352 g/mol. The fourth-order valence-corrected chi connectivity index (χ4v) is 2.81. The number of methoxy groups -OCH3 is 1. The third-order valence-electron chi connectivity index (χ3n) is 2.99. The maximum Gasteiger partial charge on any atom is 0.338 e. The molecule has 0 aliphatic carbocycles. The van der Waals surface area contributed by atoms with Gasteiger partial charge in [0, 0.05) is 7.05 Å². The van der Waals surface area contributed by atoms with E-state index in [-0.39, 0.29) is 22.8 Å². The summed E-state index contributed by atoms with van der Waals surface area (Å²) in [6, 6.07) is 3.68. The summed E-state index contributed by atoms with van der Waals surface area (Å²) < 4.78 is 35.2. The van der Waals surface area contributed by atoms with Crippen molar-refractivity contribution in [3.63, 3.8) is 0 Å². The first-order valence-electron chi connectivity index (χ1n) is 6.86. The van der Waals surface area contributed by atoms with Crippen LogP contribution in [0.15, 0.2) is 23.1 Å². The van der Waals surface area contributed by atoms with E-state index >= 15 is 0 Å². The minimum absolute atomic E-state index is 0.00463. The van der Waals surface area contributed by atoms with Gasteiger partial charge in [-0.1, -0.05) is 10.4 Å². The van der Waals surface area contributed by atoms with Crippen LogP contribution in [0.5, 0.6) is 5.75 Å². The first-order valence-corrected chi connectivity index (χ1v) is 8.30. The van der Waals surface area contributed by atoms with Crippen LogP contribution in [0.2, 0.25) is 0 Å². The highest BCUT2D eigenvalue weighted by molar-refractivity contribution is 7.89. The molecule has 0 bridgehead atoms. The summed E-state index contributed by atoms with van der Waals surface area (Å²) in [4.78, 5) is 27.8. The quantitative estimate of drug-likeness (QED) is 0.383. The number of benzene rings is 1. The van der Waals surface area contributed by atoms with E-state index in [9.17, 15) is 18.0 Å². The largest absolute Gasteiger partial charge is 0.495 e. The van der Waals surface area contributed by atoms with Gasteiger partial charge in [-0.05, 0) is 18.2 Å². The molecule has 0 saturated carbocycles. The van der Waals surface area contributed by atoms with Gasteiger partial charge in [0.05, 0.1) is 26.3 Å². The van der Waals surface area contributed by atoms with Crippen molar-refractivity contribution in [2.45, 2.75) is 4.90 Å². The Balaban J connectivity index is 3.03.